The number of carbonyl (C=O) groups is 2. The van der Waals surface area contributed by atoms with Crippen LogP contribution < -0.4 is 11.1 Å². The van der Waals surface area contributed by atoms with Crippen molar-refractivity contribution < 1.29 is 14.3 Å². The summed E-state index contributed by atoms with van der Waals surface area (Å²) in [6.45, 7) is 3.46. The Bertz CT molecular complexity index is 1500. The molecule has 0 aromatic carbocycles. The number of ether oxygens (including phenoxy) is 1. The summed E-state index contributed by atoms with van der Waals surface area (Å²) in [7, 11) is 1.65. The molecule has 2 fully saturated rings. The van der Waals surface area contributed by atoms with Crippen LogP contribution in [0.1, 0.15) is 41.7 Å². The van der Waals surface area contributed by atoms with Crippen LogP contribution in [0, 0.1) is 6.92 Å². The summed E-state index contributed by atoms with van der Waals surface area (Å²) in [5.74, 6) is -0.576. The monoisotopic (exact) mass is 534 g/mol. The van der Waals surface area contributed by atoms with Crippen LogP contribution in [0.3, 0.4) is 0 Å². The number of nitrogens with zero attached hydrogens (tertiary/aromatic N) is 6. The number of nitrogens with one attached hydrogen (secondary N) is 1. The number of fused-ring (bicyclic) bond motifs is 3. The highest BCUT2D eigenvalue weighted by atomic mass is 32.1. The molecule has 0 atom stereocenters. The van der Waals surface area contributed by atoms with Gasteiger partial charge >= 0.3 is 0 Å². The van der Waals surface area contributed by atoms with Crippen LogP contribution in [-0.4, -0.2) is 73.4 Å². The summed E-state index contributed by atoms with van der Waals surface area (Å²) in [5.41, 5.74) is 9.82. The van der Waals surface area contributed by atoms with E-state index >= 15 is 0 Å². The molecule has 38 heavy (non-hydrogen) atoms. The second-order valence-electron chi connectivity index (χ2n) is 9.94. The quantitative estimate of drug-likeness (QED) is 0.337. The lowest BCUT2D eigenvalue weighted by Gasteiger charge is -2.20. The number of anilines is 1. The SMILES string of the molecule is COCCn1cc(-c2sc3c(C(N)=O)cnn3c2-c2cc(NC(=O)CN3C4CCC3CC4)cnc2C)cn1. The first-order chi connectivity index (χ1) is 18.4. The van der Waals surface area contributed by atoms with Crippen LogP contribution in [-0.2, 0) is 16.1 Å². The number of nitrogens with two attached hydrogens (primary N) is 1. The van der Waals surface area contributed by atoms with Gasteiger partial charge in [0, 0.05) is 42.2 Å². The van der Waals surface area contributed by atoms with E-state index < -0.39 is 5.91 Å². The molecule has 2 saturated heterocycles. The lowest BCUT2D eigenvalue weighted by Crippen LogP contribution is -2.36. The lowest BCUT2D eigenvalue weighted by atomic mass is 10.0. The van der Waals surface area contributed by atoms with Crippen molar-refractivity contribution in [1.82, 2.24) is 29.3 Å². The summed E-state index contributed by atoms with van der Waals surface area (Å²) in [4.78, 5) is 33.5. The number of carbonyl (C=O) groups excluding carboxylic acids is 2. The summed E-state index contributed by atoms with van der Waals surface area (Å²) < 4.78 is 8.72. The minimum absolute atomic E-state index is 0.0365. The summed E-state index contributed by atoms with van der Waals surface area (Å²) in [5, 5.41) is 12.0. The van der Waals surface area contributed by atoms with E-state index in [1.54, 1.807) is 24.0 Å². The van der Waals surface area contributed by atoms with Gasteiger partial charge in [-0.3, -0.25) is 24.2 Å². The van der Waals surface area contributed by atoms with Crippen molar-refractivity contribution in [2.45, 2.75) is 51.2 Å². The average molecular weight is 535 g/mol. The molecule has 4 aromatic heterocycles. The van der Waals surface area contributed by atoms with Crippen LogP contribution >= 0.6 is 11.3 Å². The molecule has 0 radical (unpaired) electrons. The van der Waals surface area contributed by atoms with E-state index in [2.05, 4.69) is 25.4 Å². The molecular weight excluding hydrogens is 504 g/mol. The van der Waals surface area contributed by atoms with Gasteiger partial charge in [0.05, 0.1) is 60.1 Å². The predicted octanol–water partition coefficient (Wildman–Crippen LogP) is 2.94. The van der Waals surface area contributed by atoms with Crippen molar-refractivity contribution in [2.24, 2.45) is 5.73 Å². The second kappa shape index (κ2) is 9.93. The van der Waals surface area contributed by atoms with Gasteiger partial charge in [-0.25, -0.2) is 4.52 Å². The molecule has 2 aliphatic rings. The van der Waals surface area contributed by atoms with E-state index in [9.17, 15) is 9.59 Å². The third-order valence-corrected chi connectivity index (χ3v) is 8.81. The van der Waals surface area contributed by atoms with Crippen LogP contribution in [0.5, 0.6) is 0 Å². The third-order valence-electron chi connectivity index (χ3n) is 7.59. The van der Waals surface area contributed by atoms with Crippen molar-refractivity contribution in [3.05, 3.63) is 42.1 Å². The van der Waals surface area contributed by atoms with Gasteiger partial charge in [0.2, 0.25) is 5.91 Å². The first kappa shape index (κ1) is 24.7. The molecule has 0 unspecified atom stereocenters. The number of aryl methyl sites for hydroxylation is 1. The maximum Gasteiger partial charge on any atom is 0.253 e. The van der Waals surface area contributed by atoms with E-state index in [1.807, 2.05) is 23.9 Å². The van der Waals surface area contributed by atoms with Crippen LogP contribution in [0.4, 0.5) is 5.69 Å². The minimum atomic E-state index is -0.540. The number of aromatic nitrogens is 5. The third kappa shape index (κ3) is 4.38. The van der Waals surface area contributed by atoms with Gasteiger partial charge < -0.3 is 15.8 Å². The van der Waals surface area contributed by atoms with E-state index in [1.165, 1.54) is 43.2 Å². The Morgan fingerprint density at radius 1 is 1.16 bits per heavy atom. The van der Waals surface area contributed by atoms with Crippen LogP contribution in [0.2, 0.25) is 0 Å². The molecule has 2 amide bonds. The van der Waals surface area contributed by atoms with Gasteiger partial charge in [0.25, 0.3) is 5.91 Å². The van der Waals surface area contributed by atoms with Crippen molar-refractivity contribution >= 4 is 33.7 Å². The first-order valence-corrected chi connectivity index (χ1v) is 13.6. The minimum Gasteiger partial charge on any atom is -0.383 e. The van der Waals surface area contributed by atoms with Gasteiger partial charge in [0.1, 0.15) is 4.83 Å². The predicted molar refractivity (Wildman–Crippen MR) is 144 cm³/mol. The van der Waals surface area contributed by atoms with Gasteiger partial charge in [-0.2, -0.15) is 10.2 Å². The van der Waals surface area contributed by atoms with Gasteiger partial charge in [-0.15, -0.1) is 11.3 Å². The normalized spacial score (nSPS) is 19.0. The Hall–Kier alpha value is -3.61. The summed E-state index contributed by atoms with van der Waals surface area (Å²) in [6, 6.07) is 2.98. The summed E-state index contributed by atoms with van der Waals surface area (Å²) >= 11 is 1.42. The van der Waals surface area contributed by atoms with Gasteiger partial charge in [-0.1, -0.05) is 0 Å². The molecule has 2 bridgehead atoms. The largest absolute Gasteiger partial charge is 0.383 e. The number of hydrogen-bond donors (Lipinski definition) is 2. The molecule has 6 heterocycles. The molecule has 0 spiro atoms. The number of methoxy groups -OCH3 is 1. The summed E-state index contributed by atoms with van der Waals surface area (Å²) in [6.07, 6.45) is 11.6. The highest BCUT2D eigenvalue weighted by Gasteiger charge is 2.39. The fourth-order valence-corrected chi connectivity index (χ4v) is 6.91. The van der Waals surface area contributed by atoms with Crippen molar-refractivity contribution in [2.75, 3.05) is 25.6 Å². The Morgan fingerprint density at radius 2 is 1.92 bits per heavy atom. The maximum atomic E-state index is 13.0. The molecule has 12 heteroatoms. The number of primary amides is 1. The van der Waals surface area contributed by atoms with Crippen LogP contribution in [0.25, 0.3) is 26.5 Å². The smallest absolute Gasteiger partial charge is 0.253 e. The highest BCUT2D eigenvalue weighted by molar-refractivity contribution is 7.21. The number of amides is 2. The van der Waals surface area contributed by atoms with Crippen molar-refractivity contribution in [1.29, 1.82) is 0 Å². The topological polar surface area (TPSA) is 133 Å². The average Bonchev–Trinajstić information content (AvgIpc) is 3.71. The van der Waals surface area contributed by atoms with E-state index in [4.69, 9.17) is 10.5 Å². The zero-order valence-electron chi connectivity index (χ0n) is 21.4. The number of rotatable bonds is 9. The second-order valence-corrected chi connectivity index (χ2v) is 10.9. The molecule has 3 N–H and O–H groups in total. The molecule has 0 saturated carbocycles. The Morgan fingerprint density at radius 3 is 2.63 bits per heavy atom. The molecule has 11 nitrogen and oxygen atoms in total. The van der Waals surface area contributed by atoms with E-state index in [0.29, 0.717) is 47.9 Å². The molecule has 198 valence electrons. The first-order valence-electron chi connectivity index (χ1n) is 12.8. The molecule has 2 aliphatic heterocycles. The van der Waals surface area contributed by atoms with E-state index in [0.717, 1.165) is 27.4 Å². The zero-order valence-corrected chi connectivity index (χ0v) is 22.2. The Kier molecular flexibility index (Phi) is 6.46. The highest BCUT2D eigenvalue weighted by Crippen LogP contribution is 2.42. The fourth-order valence-electron chi connectivity index (χ4n) is 5.71. The number of hydrogen-bond acceptors (Lipinski definition) is 8. The number of pyridine rings is 1. The Labute approximate surface area is 223 Å². The van der Waals surface area contributed by atoms with Gasteiger partial charge in [-0.05, 0) is 38.7 Å². The lowest BCUT2D eigenvalue weighted by molar-refractivity contribution is -0.117. The van der Waals surface area contributed by atoms with Gasteiger partial charge in [0.15, 0.2) is 0 Å². The Balaban J connectivity index is 1.37. The molecular formula is C26H30N8O3S. The number of thiazole rings is 1. The zero-order chi connectivity index (χ0) is 26.4. The molecule has 4 aromatic rings. The standard InChI is InChI=1S/C26H30N8O3S/c1-15-20(9-17(11-28-15)31-22(35)14-33-18-3-4-19(33)6-5-18)23-24(16-10-29-32(13-16)7-8-37-2)38-26-21(25(27)36)12-30-34(23)26/h9-13,18-19H,3-8,14H2,1-2H3,(H2,27,36)(H,31,35). The van der Waals surface area contributed by atoms with Crippen molar-refractivity contribution in [3.63, 3.8) is 0 Å². The molecule has 0 aliphatic carbocycles. The van der Waals surface area contributed by atoms with E-state index in [-0.39, 0.29) is 5.91 Å². The fraction of sp³-hybridized carbons (Fsp3) is 0.423. The molecule has 6 rings (SSSR count). The maximum absolute atomic E-state index is 13.0. The van der Waals surface area contributed by atoms with Crippen LogP contribution in [0.15, 0.2) is 30.9 Å². The van der Waals surface area contributed by atoms with Crippen molar-refractivity contribution in [3.8, 4) is 21.7 Å².